The van der Waals surface area contributed by atoms with E-state index in [4.69, 9.17) is 4.98 Å². The molecule has 0 saturated carbocycles. The quantitative estimate of drug-likeness (QED) is 0.566. The molecule has 1 N–H and O–H groups in total. The molecule has 5 nitrogen and oxygen atoms in total. The van der Waals surface area contributed by atoms with Gasteiger partial charge in [-0.05, 0) is 48.4 Å². The van der Waals surface area contributed by atoms with Gasteiger partial charge in [0.25, 0.3) is 0 Å². The summed E-state index contributed by atoms with van der Waals surface area (Å²) in [5, 5.41) is 3.56. The molecule has 28 heavy (non-hydrogen) atoms. The van der Waals surface area contributed by atoms with Crippen LogP contribution in [0.2, 0.25) is 0 Å². The van der Waals surface area contributed by atoms with E-state index in [2.05, 4.69) is 82.6 Å². The van der Waals surface area contributed by atoms with Crippen LogP contribution < -0.4 is 10.2 Å². The average molecular weight is 369 g/mol. The summed E-state index contributed by atoms with van der Waals surface area (Å²) in [7, 11) is 0. The van der Waals surface area contributed by atoms with E-state index in [1.165, 1.54) is 11.1 Å². The predicted octanol–water partition coefficient (Wildman–Crippen LogP) is 4.99. The monoisotopic (exact) mass is 369 g/mol. The van der Waals surface area contributed by atoms with Crippen molar-refractivity contribution < 1.29 is 0 Å². The number of anilines is 4. The molecule has 140 valence electrons. The van der Waals surface area contributed by atoms with Gasteiger partial charge in [0, 0.05) is 24.3 Å². The number of pyridine rings is 1. The van der Waals surface area contributed by atoms with E-state index in [0.717, 1.165) is 29.6 Å². The topological polar surface area (TPSA) is 53.9 Å². The summed E-state index contributed by atoms with van der Waals surface area (Å²) in [4.78, 5) is 16.2. The lowest BCUT2D eigenvalue weighted by molar-refractivity contribution is 0.536. The molecule has 3 unspecified atom stereocenters. The van der Waals surface area contributed by atoms with E-state index in [-0.39, 0.29) is 6.04 Å². The first-order valence-corrected chi connectivity index (χ1v) is 9.80. The van der Waals surface area contributed by atoms with Gasteiger partial charge in [-0.1, -0.05) is 43.3 Å². The Morgan fingerprint density at radius 2 is 1.82 bits per heavy atom. The van der Waals surface area contributed by atoms with Gasteiger partial charge in [0.2, 0.25) is 0 Å². The lowest BCUT2D eigenvalue weighted by atomic mass is 9.82. The Morgan fingerprint density at radius 3 is 2.68 bits per heavy atom. The molecule has 5 heterocycles. The maximum Gasteiger partial charge on any atom is 0.178 e. The van der Waals surface area contributed by atoms with Crippen LogP contribution in [0.5, 0.6) is 0 Å². The summed E-state index contributed by atoms with van der Waals surface area (Å²) < 4.78 is 0. The molecule has 0 aliphatic carbocycles. The molecule has 0 saturated heterocycles. The molecule has 3 aliphatic rings. The molecular weight excluding hydrogens is 346 g/mol. The van der Waals surface area contributed by atoms with Crippen LogP contribution in [0.25, 0.3) is 0 Å². The van der Waals surface area contributed by atoms with Crippen molar-refractivity contribution in [2.75, 3.05) is 10.2 Å². The number of fused-ring (bicyclic) bond motifs is 4. The van der Waals surface area contributed by atoms with Crippen LogP contribution in [0.1, 0.15) is 30.9 Å². The predicted molar refractivity (Wildman–Crippen MR) is 112 cm³/mol. The molecule has 5 heteroatoms. The van der Waals surface area contributed by atoms with Crippen molar-refractivity contribution >= 4 is 23.1 Å². The highest BCUT2D eigenvalue weighted by molar-refractivity contribution is 5.75. The second kappa shape index (κ2) is 6.75. The number of benzene rings is 1. The number of aromatic nitrogens is 3. The largest absolute Gasteiger partial charge is 0.337 e. The van der Waals surface area contributed by atoms with Crippen molar-refractivity contribution in [3.63, 3.8) is 0 Å². The zero-order chi connectivity index (χ0) is 19.1. The third kappa shape index (κ3) is 2.83. The number of rotatable bonds is 0. The SMILES string of the molecule is CC1c2ccccc2Nc2nccnc2N2c3ccc(cn3)CC1/C=C\C2C. The minimum absolute atomic E-state index is 0.101. The van der Waals surface area contributed by atoms with Crippen molar-refractivity contribution in [3.05, 3.63) is 78.3 Å². The molecule has 1 aromatic carbocycles. The third-order valence-corrected chi connectivity index (χ3v) is 5.83. The summed E-state index contributed by atoms with van der Waals surface area (Å²) in [6.45, 7) is 4.49. The van der Waals surface area contributed by atoms with Crippen LogP contribution in [0.15, 0.2) is 67.1 Å². The second-order valence-electron chi connectivity index (χ2n) is 7.62. The average Bonchev–Trinajstić information content (AvgIpc) is 2.73. The smallest absolute Gasteiger partial charge is 0.178 e. The molecule has 0 amide bonds. The first-order chi connectivity index (χ1) is 13.7. The number of nitrogens with one attached hydrogen (secondary N) is 1. The fourth-order valence-corrected chi connectivity index (χ4v) is 4.22. The van der Waals surface area contributed by atoms with E-state index in [1.807, 2.05) is 6.20 Å². The minimum Gasteiger partial charge on any atom is -0.337 e. The van der Waals surface area contributed by atoms with Crippen molar-refractivity contribution in [3.8, 4) is 0 Å². The normalized spacial score (nSPS) is 24.1. The van der Waals surface area contributed by atoms with Gasteiger partial charge in [0.15, 0.2) is 11.6 Å². The molecule has 3 aromatic rings. The molecule has 0 radical (unpaired) electrons. The van der Waals surface area contributed by atoms with Crippen LogP contribution in [-0.2, 0) is 6.42 Å². The summed E-state index contributed by atoms with van der Waals surface area (Å²) in [6, 6.07) is 12.9. The first kappa shape index (κ1) is 16.9. The standard InChI is InChI=1S/C23H23N5/c1-15-7-9-18-13-17-8-10-21(26-14-17)28(15)23-22(24-11-12-25-23)27-20-6-4-3-5-19(20)16(18)2/h3-12,14-16,18H,13H2,1-2H3,(H,24,27)/b9-7-. The highest BCUT2D eigenvalue weighted by Crippen LogP contribution is 2.39. The Kier molecular flexibility index (Phi) is 4.08. The number of allylic oxidation sites excluding steroid dienone is 1. The Morgan fingerprint density at radius 1 is 0.964 bits per heavy atom. The van der Waals surface area contributed by atoms with Crippen LogP contribution in [0.3, 0.4) is 0 Å². The van der Waals surface area contributed by atoms with E-state index < -0.39 is 0 Å². The van der Waals surface area contributed by atoms with Gasteiger partial charge in [-0.3, -0.25) is 0 Å². The molecule has 4 bridgehead atoms. The number of hydrogen-bond donors (Lipinski definition) is 1. The Hall–Kier alpha value is -3.21. The Labute approximate surface area is 165 Å². The van der Waals surface area contributed by atoms with Crippen LogP contribution in [0, 0.1) is 5.92 Å². The van der Waals surface area contributed by atoms with Gasteiger partial charge in [-0.15, -0.1) is 0 Å². The second-order valence-corrected chi connectivity index (χ2v) is 7.62. The summed E-state index contributed by atoms with van der Waals surface area (Å²) in [5.74, 6) is 3.12. The summed E-state index contributed by atoms with van der Waals surface area (Å²) in [5.41, 5.74) is 3.63. The maximum atomic E-state index is 4.76. The zero-order valence-electron chi connectivity index (χ0n) is 16.1. The molecule has 3 atom stereocenters. The molecule has 2 aromatic heterocycles. The number of para-hydroxylation sites is 1. The highest BCUT2D eigenvalue weighted by atomic mass is 15.3. The fourth-order valence-electron chi connectivity index (χ4n) is 4.22. The van der Waals surface area contributed by atoms with Gasteiger partial charge in [-0.2, -0.15) is 0 Å². The van der Waals surface area contributed by atoms with E-state index in [1.54, 1.807) is 12.4 Å². The van der Waals surface area contributed by atoms with Crippen molar-refractivity contribution in [1.29, 1.82) is 0 Å². The lowest BCUT2D eigenvalue weighted by Gasteiger charge is -2.30. The number of hydrogen-bond acceptors (Lipinski definition) is 5. The van der Waals surface area contributed by atoms with Gasteiger partial charge in [-0.25, -0.2) is 15.0 Å². The van der Waals surface area contributed by atoms with Crippen molar-refractivity contribution in [1.82, 2.24) is 15.0 Å². The van der Waals surface area contributed by atoms with E-state index in [0.29, 0.717) is 11.8 Å². The maximum absolute atomic E-state index is 4.76. The van der Waals surface area contributed by atoms with Gasteiger partial charge in [0.1, 0.15) is 5.82 Å². The molecular formula is C23H23N5. The highest BCUT2D eigenvalue weighted by Gasteiger charge is 2.27. The Bertz CT molecular complexity index is 1030. The third-order valence-electron chi connectivity index (χ3n) is 5.83. The summed E-state index contributed by atoms with van der Waals surface area (Å²) in [6.07, 6.45) is 11.1. The van der Waals surface area contributed by atoms with Crippen LogP contribution in [-0.4, -0.2) is 21.0 Å². The summed E-state index contributed by atoms with van der Waals surface area (Å²) >= 11 is 0. The fraction of sp³-hybridized carbons (Fsp3) is 0.261. The lowest BCUT2D eigenvalue weighted by Crippen LogP contribution is -2.30. The Balaban J connectivity index is 1.81. The molecule has 0 spiro atoms. The zero-order valence-corrected chi connectivity index (χ0v) is 16.1. The van der Waals surface area contributed by atoms with Crippen LogP contribution >= 0.6 is 0 Å². The molecule has 6 rings (SSSR count). The van der Waals surface area contributed by atoms with Gasteiger partial charge >= 0.3 is 0 Å². The van der Waals surface area contributed by atoms with Crippen molar-refractivity contribution in [2.45, 2.75) is 32.2 Å². The number of nitrogens with zero attached hydrogens (tertiary/aromatic N) is 4. The minimum atomic E-state index is 0.101. The first-order valence-electron chi connectivity index (χ1n) is 9.80. The van der Waals surface area contributed by atoms with Gasteiger partial charge in [0.05, 0.1) is 6.04 Å². The van der Waals surface area contributed by atoms with Crippen LogP contribution in [0.4, 0.5) is 23.1 Å². The van der Waals surface area contributed by atoms with E-state index >= 15 is 0 Å². The molecule has 3 aliphatic heterocycles. The van der Waals surface area contributed by atoms with Crippen molar-refractivity contribution in [2.24, 2.45) is 5.92 Å². The molecule has 0 fully saturated rings. The van der Waals surface area contributed by atoms with Gasteiger partial charge < -0.3 is 10.2 Å². The van der Waals surface area contributed by atoms with E-state index in [9.17, 15) is 0 Å².